The SMILES string of the molecule is CC.CC1C2CCC#CCCC12.FC1(F)C#CCCCCC1. The second-order valence-electron chi connectivity index (χ2n) is 6.18. The van der Waals surface area contributed by atoms with Crippen LogP contribution in [0.4, 0.5) is 8.78 Å². The quantitative estimate of drug-likeness (QED) is 0.477. The summed E-state index contributed by atoms with van der Waals surface area (Å²) in [6, 6.07) is 0. The van der Waals surface area contributed by atoms with Crippen molar-refractivity contribution in [2.45, 2.75) is 84.5 Å². The molecular formula is C20H30F2. The molecule has 2 unspecified atom stereocenters. The van der Waals surface area contributed by atoms with Crippen LogP contribution >= 0.6 is 0 Å². The molecule has 0 radical (unpaired) electrons. The highest BCUT2D eigenvalue weighted by Gasteiger charge is 2.44. The van der Waals surface area contributed by atoms with Gasteiger partial charge in [0.15, 0.2) is 0 Å². The maximum atomic E-state index is 12.5. The second kappa shape index (κ2) is 9.89. The lowest BCUT2D eigenvalue weighted by atomic mass is 10.1. The minimum Gasteiger partial charge on any atom is -0.192 e. The Morgan fingerprint density at radius 3 is 2.00 bits per heavy atom. The predicted molar refractivity (Wildman–Crippen MR) is 89.5 cm³/mol. The van der Waals surface area contributed by atoms with Gasteiger partial charge in [-0.1, -0.05) is 33.1 Å². The third kappa shape index (κ3) is 6.83. The zero-order valence-electron chi connectivity index (χ0n) is 14.4. The molecule has 0 spiro atoms. The van der Waals surface area contributed by atoms with Crippen LogP contribution in [-0.4, -0.2) is 5.92 Å². The van der Waals surface area contributed by atoms with Crippen LogP contribution in [0.1, 0.15) is 78.6 Å². The summed E-state index contributed by atoms with van der Waals surface area (Å²) in [4.78, 5) is 0. The first-order valence-corrected chi connectivity index (χ1v) is 8.94. The molecule has 22 heavy (non-hydrogen) atoms. The summed E-state index contributed by atoms with van der Waals surface area (Å²) in [5.41, 5.74) is 0. The highest BCUT2D eigenvalue weighted by molar-refractivity contribution is 5.10. The molecule has 0 amide bonds. The molecule has 0 aromatic carbocycles. The van der Waals surface area contributed by atoms with Gasteiger partial charge in [-0.2, -0.15) is 8.78 Å². The minimum atomic E-state index is -2.71. The molecule has 0 nitrogen and oxygen atoms in total. The molecule has 0 aromatic rings. The van der Waals surface area contributed by atoms with E-state index in [0.717, 1.165) is 43.4 Å². The molecule has 3 aliphatic rings. The molecule has 3 aliphatic carbocycles. The first kappa shape index (κ1) is 19.0. The van der Waals surface area contributed by atoms with Crippen molar-refractivity contribution < 1.29 is 8.78 Å². The third-order valence-corrected chi connectivity index (χ3v) is 4.65. The van der Waals surface area contributed by atoms with Crippen molar-refractivity contribution in [1.82, 2.24) is 0 Å². The Kier molecular flexibility index (Phi) is 8.55. The van der Waals surface area contributed by atoms with E-state index in [1.165, 1.54) is 12.8 Å². The van der Waals surface area contributed by atoms with Crippen LogP contribution < -0.4 is 0 Å². The number of rotatable bonds is 0. The van der Waals surface area contributed by atoms with E-state index in [9.17, 15) is 8.78 Å². The molecule has 0 heterocycles. The highest BCUT2D eigenvalue weighted by atomic mass is 19.3. The van der Waals surface area contributed by atoms with Crippen LogP contribution in [0.2, 0.25) is 0 Å². The normalized spacial score (nSPS) is 31.0. The van der Waals surface area contributed by atoms with Crippen LogP contribution in [-0.2, 0) is 0 Å². The average Bonchev–Trinajstić information content (AvgIpc) is 3.05. The van der Waals surface area contributed by atoms with E-state index in [2.05, 4.69) is 24.7 Å². The zero-order chi connectivity index (χ0) is 16.4. The fourth-order valence-electron chi connectivity index (χ4n) is 3.24. The third-order valence-electron chi connectivity index (χ3n) is 4.65. The standard InChI is InChI=1S/C10H14.C8H10F2.C2H6/c1-8-9-6-4-2-3-5-7-10(8)9;9-8(10)6-4-2-1-3-5-7-8;1-2/h8-10H,4-7H2,1H3;1-4,6H2;1-2H3. The van der Waals surface area contributed by atoms with Gasteiger partial charge < -0.3 is 0 Å². The first-order chi connectivity index (χ1) is 10.6. The molecule has 1 fully saturated rings. The molecule has 0 aliphatic heterocycles. The van der Waals surface area contributed by atoms with Gasteiger partial charge in [0.2, 0.25) is 0 Å². The molecule has 1 saturated carbocycles. The molecule has 0 aromatic heterocycles. The number of halogens is 2. The molecule has 0 N–H and O–H groups in total. The average molecular weight is 308 g/mol. The monoisotopic (exact) mass is 308 g/mol. The highest BCUT2D eigenvalue weighted by Crippen LogP contribution is 2.51. The molecule has 2 heteroatoms. The fourth-order valence-corrected chi connectivity index (χ4v) is 3.24. The summed E-state index contributed by atoms with van der Waals surface area (Å²) in [6.07, 6.45) is 8.12. The first-order valence-electron chi connectivity index (χ1n) is 8.94. The van der Waals surface area contributed by atoms with Crippen molar-refractivity contribution in [3.8, 4) is 23.7 Å². The summed E-state index contributed by atoms with van der Waals surface area (Å²) in [7, 11) is 0. The summed E-state index contributed by atoms with van der Waals surface area (Å²) in [6.45, 7) is 6.39. The number of hydrogen-bond donors (Lipinski definition) is 0. The van der Waals surface area contributed by atoms with Gasteiger partial charge in [-0.15, -0.1) is 11.8 Å². The van der Waals surface area contributed by atoms with Gasteiger partial charge in [0.05, 0.1) is 0 Å². The Bertz CT molecular complexity index is 412. The summed E-state index contributed by atoms with van der Waals surface area (Å²) in [5.74, 6) is 11.3. The second-order valence-corrected chi connectivity index (χ2v) is 6.18. The van der Waals surface area contributed by atoms with Gasteiger partial charge in [-0.05, 0) is 49.4 Å². The lowest BCUT2D eigenvalue weighted by Crippen LogP contribution is -2.13. The summed E-state index contributed by atoms with van der Waals surface area (Å²) < 4.78 is 24.9. The van der Waals surface area contributed by atoms with Crippen LogP contribution in [0.25, 0.3) is 0 Å². The van der Waals surface area contributed by atoms with Crippen LogP contribution in [0, 0.1) is 41.4 Å². The van der Waals surface area contributed by atoms with Gasteiger partial charge >= 0.3 is 5.92 Å². The van der Waals surface area contributed by atoms with E-state index in [-0.39, 0.29) is 6.42 Å². The summed E-state index contributed by atoms with van der Waals surface area (Å²) >= 11 is 0. The maximum absolute atomic E-state index is 12.5. The molecule has 124 valence electrons. The molecule has 2 atom stereocenters. The van der Waals surface area contributed by atoms with Gasteiger partial charge in [-0.25, -0.2) is 0 Å². The van der Waals surface area contributed by atoms with Crippen molar-refractivity contribution in [1.29, 1.82) is 0 Å². The number of fused-ring (bicyclic) bond motifs is 1. The van der Waals surface area contributed by atoms with Crippen molar-refractivity contribution >= 4 is 0 Å². The van der Waals surface area contributed by atoms with E-state index in [0.29, 0.717) is 12.8 Å². The number of hydrogen-bond acceptors (Lipinski definition) is 0. The lowest BCUT2D eigenvalue weighted by molar-refractivity contribution is 0.0528. The molecular weight excluding hydrogens is 278 g/mol. The Morgan fingerprint density at radius 2 is 1.41 bits per heavy atom. The Balaban J connectivity index is 0.000000198. The van der Waals surface area contributed by atoms with Gasteiger partial charge in [0, 0.05) is 25.7 Å². The zero-order valence-corrected chi connectivity index (χ0v) is 14.4. The Morgan fingerprint density at radius 1 is 0.818 bits per heavy atom. The molecule has 0 saturated heterocycles. The van der Waals surface area contributed by atoms with E-state index < -0.39 is 5.92 Å². The number of alkyl halides is 2. The summed E-state index contributed by atoms with van der Waals surface area (Å²) in [5, 5.41) is 0. The van der Waals surface area contributed by atoms with Crippen LogP contribution in [0.15, 0.2) is 0 Å². The van der Waals surface area contributed by atoms with Crippen molar-refractivity contribution in [3.63, 3.8) is 0 Å². The smallest absolute Gasteiger partial charge is 0.192 e. The van der Waals surface area contributed by atoms with Crippen molar-refractivity contribution in [2.75, 3.05) is 0 Å². The van der Waals surface area contributed by atoms with E-state index >= 15 is 0 Å². The Labute approximate surface area is 135 Å². The van der Waals surface area contributed by atoms with Crippen molar-refractivity contribution in [2.24, 2.45) is 17.8 Å². The topological polar surface area (TPSA) is 0 Å². The van der Waals surface area contributed by atoms with E-state index in [4.69, 9.17) is 0 Å². The largest absolute Gasteiger partial charge is 0.308 e. The van der Waals surface area contributed by atoms with Gasteiger partial charge in [0.1, 0.15) is 0 Å². The maximum Gasteiger partial charge on any atom is 0.308 e. The van der Waals surface area contributed by atoms with Crippen LogP contribution in [0.3, 0.4) is 0 Å². The predicted octanol–water partition coefficient (Wildman–Crippen LogP) is 6.06. The minimum absolute atomic E-state index is 0.0556. The molecule has 0 bridgehead atoms. The van der Waals surface area contributed by atoms with Gasteiger partial charge in [0.25, 0.3) is 0 Å². The van der Waals surface area contributed by atoms with E-state index in [1.807, 2.05) is 19.8 Å². The van der Waals surface area contributed by atoms with E-state index in [1.54, 1.807) is 0 Å². The lowest BCUT2D eigenvalue weighted by Gasteiger charge is -2.09. The Hall–Kier alpha value is -1.02. The fraction of sp³-hybridized carbons (Fsp3) is 0.800. The molecule has 3 rings (SSSR count). The van der Waals surface area contributed by atoms with Crippen LogP contribution in [0.5, 0.6) is 0 Å². The van der Waals surface area contributed by atoms with Gasteiger partial charge in [-0.3, -0.25) is 0 Å². The van der Waals surface area contributed by atoms with Crippen molar-refractivity contribution in [3.05, 3.63) is 0 Å².